The number of hydrogen-bond acceptors (Lipinski definition) is 4. The highest BCUT2D eigenvalue weighted by molar-refractivity contribution is 6.10. The van der Waals surface area contributed by atoms with Gasteiger partial charge in [0, 0.05) is 34.6 Å². The monoisotopic (exact) mass is 359 g/mol. The highest BCUT2D eigenvalue weighted by atomic mass is 16.5. The number of aromatic nitrogens is 3. The smallest absolute Gasteiger partial charge is 0.338 e. The Morgan fingerprint density at radius 1 is 1.07 bits per heavy atom. The molecule has 4 rings (SSSR count). The number of aryl methyl sites for hydroxylation is 1. The average Bonchev–Trinajstić information content (AvgIpc) is 3.33. The highest BCUT2D eigenvalue weighted by Crippen LogP contribution is 2.22. The van der Waals surface area contributed by atoms with Crippen LogP contribution in [0.15, 0.2) is 67.0 Å². The molecule has 2 heterocycles. The molecule has 0 unspecified atom stereocenters. The fourth-order valence-electron chi connectivity index (χ4n) is 3.09. The molecule has 2 aromatic heterocycles. The molecule has 1 N–H and O–H groups in total. The third-order valence-electron chi connectivity index (χ3n) is 4.38. The first-order valence-electron chi connectivity index (χ1n) is 8.51. The van der Waals surface area contributed by atoms with Crippen LogP contribution in [-0.2, 0) is 4.74 Å². The largest absolute Gasteiger partial charge is 0.454 e. The molecule has 0 aliphatic heterocycles. The Labute approximate surface area is 155 Å². The minimum atomic E-state index is -0.534. The minimum absolute atomic E-state index is 0.230. The Balaban J connectivity index is 1.45. The number of nitrogens with one attached hydrogen (secondary N) is 1. The van der Waals surface area contributed by atoms with Crippen molar-refractivity contribution in [1.82, 2.24) is 14.8 Å². The summed E-state index contributed by atoms with van der Waals surface area (Å²) < 4.78 is 6.92. The fraction of sp³-hybridized carbons (Fsp3) is 0.0952. The van der Waals surface area contributed by atoms with E-state index in [4.69, 9.17) is 4.74 Å². The van der Waals surface area contributed by atoms with E-state index < -0.39 is 5.97 Å². The van der Waals surface area contributed by atoms with Gasteiger partial charge in [0.15, 0.2) is 6.61 Å². The van der Waals surface area contributed by atoms with Crippen molar-refractivity contribution in [1.29, 1.82) is 0 Å². The van der Waals surface area contributed by atoms with E-state index in [2.05, 4.69) is 10.1 Å². The molecular formula is C21H17N3O3. The van der Waals surface area contributed by atoms with Crippen LogP contribution in [0.2, 0.25) is 0 Å². The molecule has 0 bridgehead atoms. The van der Waals surface area contributed by atoms with Gasteiger partial charge in [0.25, 0.3) is 0 Å². The van der Waals surface area contributed by atoms with E-state index in [0.717, 1.165) is 22.3 Å². The molecule has 27 heavy (non-hydrogen) atoms. The third kappa shape index (κ3) is 3.25. The number of benzene rings is 2. The van der Waals surface area contributed by atoms with Crippen molar-refractivity contribution >= 4 is 22.7 Å². The van der Waals surface area contributed by atoms with Gasteiger partial charge in [-0.25, -0.2) is 9.48 Å². The number of ether oxygens (including phenoxy) is 1. The molecule has 0 saturated heterocycles. The number of nitrogens with zero attached hydrogens (tertiary/aromatic N) is 2. The summed E-state index contributed by atoms with van der Waals surface area (Å²) in [7, 11) is 0. The first kappa shape index (κ1) is 16.8. The number of rotatable bonds is 5. The second kappa shape index (κ2) is 6.92. The van der Waals surface area contributed by atoms with Gasteiger partial charge in [-0.1, -0.05) is 18.2 Å². The molecule has 134 valence electrons. The van der Waals surface area contributed by atoms with Gasteiger partial charge in [-0.05, 0) is 43.3 Å². The van der Waals surface area contributed by atoms with E-state index >= 15 is 0 Å². The maximum absolute atomic E-state index is 12.6. The maximum atomic E-state index is 12.6. The van der Waals surface area contributed by atoms with Gasteiger partial charge in [0.05, 0.1) is 11.3 Å². The summed E-state index contributed by atoms with van der Waals surface area (Å²) in [4.78, 5) is 28.0. The molecule has 6 nitrogen and oxygen atoms in total. The van der Waals surface area contributed by atoms with Crippen LogP contribution in [0.5, 0.6) is 0 Å². The van der Waals surface area contributed by atoms with Gasteiger partial charge in [0.2, 0.25) is 5.78 Å². The zero-order valence-corrected chi connectivity index (χ0v) is 14.7. The molecule has 0 atom stereocenters. The normalized spacial score (nSPS) is 10.9. The van der Waals surface area contributed by atoms with Crippen molar-refractivity contribution in [2.45, 2.75) is 6.92 Å². The van der Waals surface area contributed by atoms with Crippen molar-refractivity contribution in [2.24, 2.45) is 0 Å². The number of carbonyl (C=O) groups is 2. The third-order valence-corrected chi connectivity index (χ3v) is 4.38. The quantitative estimate of drug-likeness (QED) is 0.435. The molecule has 0 spiro atoms. The zero-order valence-electron chi connectivity index (χ0n) is 14.7. The number of ketones is 1. The summed E-state index contributed by atoms with van der Waals surface area (Å²) in [5, 5.41) is 4.97. The van der Waals surface area contributed by atoms with Crippen LogP contribution in [0, 0.1) is 6.92 Å². The lowest BCUT2D eigenvalue weighted by atomic mass is 10.1. The lowest BCUT2D eigenvalue weighted by Gasteiger charge is -2.06. The van der Waals surface area contributed by atoms with E-state index in [0.29, 0.717) is 11.1 Å². The van der Waals surface area contributed by atoms with E-state index in [1.165, 1.54) is 0 Å². The second-order valence-corrected chi connectivity index (χ2v) is 6.17. The topological polar surface area (TPSA) is 77.0 Å². The standard InChI is InChI=1S/C21H17N3O3/c1-14-20(17-5-2-3-6-18(17)23-14)19(25)13-27-21(26)15-7-9-16(10-8-15)24-12-4-11-22-24/h2-12,23H,13H2,1H3. The van der Waals surface area contributed by atoms with Crippen molar-refractivity contribution in [3.63, 3.8) is 0 Å². The molecular weight excluding hydrogens is 342 g/mol. The van der Waals surface area contributed by atoms with Crippen molar-refractivity contribution < 1.29 is 14.3 Å². The van der Waals surface area contributed by atoms with Crippen LogP contribution < -0.4 is 0 Å². The molecule has 4 aromatic rings. The lowest BCUT2D eigenvalue weighted by molar-refractivity contribution is 0.0475. The minimum Gasteiger partial charge on any atom is -0.454 e. The van der Waals surface area contributed by atoms with Crippen LogP contribution in [0.3, 0.4) is 0 Å². The van der Waals surface area contributed by atoms with Gasteiger partial charge in [-0.3, -0.25) is 4.79 Å². The predicted octanol–water partition coefficient (Wildman–Crippen LogP) is 3.70. The lowest BCUT2D eigenvalue weighted by Crippen LogP contribution is -2.15. The summed E-state index contributed by atoms with van der Waals surface area (Å²) in [5.74, 6) is -0.765. The number of fused-ring (bicyclic) bond motifs is 1. The van der Waals surface area contributed by atoms with Gasteiger partial charge in [0.1, 0.15) is 0 Å². The van der Waals surface area contributed by atoms with E-state index in [9.17, 15) is 9.59 Å². The molecule has 0 aliphatic rings. The summed E-state index contributed by atoms with van der Waals surface area (Å²) in [6.45, 7) is 1.53. The van der Waals surface area contributed by atoms with E-state index in [-0.39, 0.29) is 12.4 Å². The fourth-order valence-corrected chi connectivity index (χ4v) is 3.09. The molecule has 0 radical (unpaired) electrons. The van der Waals surface area contributed by atoms with Crippen LogP contribution in [0.25, 0.3) is 16.6 Å². The Bertz CT molecular complexity index is 1110. The Morgan fingerprint density at radius 2 is 1.85 bits per heavy atom. The van der Waals surface area contributed by atoms with Gasteiger partial charge >= 0.3 is 5.97 Å². The Hall–Kier alpha value is -3.67. The predicted molar refractivity (Wildman–Crippen MR) is 101 cm³/mol. The first-order chi connectivity index (χ1) is 13.1. The summed E-state index contributed by atoms with van der Waals surface area (Å²) >= 11 is 0. The van der Waals surface area contributed by atoms with Crippen LogP contribution >= 0.6 is 0 Å². The summed E-state index contributed by atoms with van der Waals surface area (Å²) in [6, 6.07) is 16.2. The van der Waals surface area contributed by atoms with E-state index in [1.807, 2.05) is 43.5 Å². The number of Topliss-reactive ketones (excluding diaryl/α,β-unsaturated/α-hetero) is 1. The Morgan fingerprint density at radius 3 is 2.59 bits per heavy atom. The highest BCUT2D eigenvalue weighted by Gasteiger charge is 2.18. The van der Waals surface area contributed by atoms with Crippen molar-refractivity contribution in [3.8, 4) is 5.69 Å². The second-order valence-electron chi connectivity index (χ2n) is 6.17. The van der Waals surface area contributed by atoms with Gasteiger partial charge in [-0.15, -0.1) is 0 Å². The number of carbonyl (C=O) groups excluding carboxylic acids is 2. The molecule has 0 saturated carbocycles. The molecule has 6 heteroatoms. The van der Waals surface area contributed by atoms with Crippen molar-refractivity contribution in [2.75, 3.05) is 6.61 Å². The zero-order chi connectivity index (χ0) is 18.8. The maximum Gasteiger partial charge on any atom is 0.338 e. The SMILES string of the molecule is Cc1[nH]c2ccccc2c1C(=O)COC(=O)c1ccc(-n2cccn2)cc1. The number of H-pyrrole nitrogens is 1. The summed E-state index contributed by atoms with van der Waals surface area (Å²) in [6.07, 6.45) is 3.50. The average molecular weight is 359 g/mol. The number of esters is 1. The molecule has 2 aromatic carbocycles. The molecule has 0 amide bonds. The molecule has 0 fully saturated rings. The van der Waals surface area contributed by atoms with E-state index in [1.54, 1.807) is 35.1 Å². The summed E-state index contributed by atoms with van der Waals surface area (Å²) in [5.41, 5.74) is 3.43. The van der Waals surface area contributed by atoms with Gasteiger partial charge < -0.3 is 9.72 Å². The number of hydrogen-bond donors (Lipinski definition) is 1. The van der Waals surface area contributed by atoms with Crippen LogP contribution in [-0.4, -0.2) is 33.1 Å². The number of para-hydroxylation sites is 1. The van der Waals surface area contributed by atoms with Gasteiger partial charge in [-0.2, -0.15) is 5.10 Å². The van der Waals surface area contributed by atoms with Crippen molar-refractivity contribution in [3.05, 3.63) is 83.8 Å². The number of aromatic amines is 1. The van der Waals surface area contributed by atoms with Crippen LogP contribution in [0.4, 0.5) is 0 Å². The Kier molecular flexibility index (Phi) is 4.30. The molecule has 0 aliphatic carbocycles. The first-order valence-corrected chi connectivity index (χ1v) is 8.51. The van der Waals surface area contributed by atoms with Crippen LogP contribution in [0.1, 0.15) is 26.4 Å².